The number of carbonyl (C=O) groups excluding carboxylic acids is 1. The molecule has 0 saturated heterocycles. The van der Waals surface area contributed by atoms with Crippen LogP contribution in [0.1, 0.15) is 37.0 Å². The Morgan fingerprint density at radius 1 is 1.00 bits per heavy atom. The quantitative estimate of drug-likeness (QED) is 0.292. The molecule has 3 rings (SSSR count). The van der Waals surface area contributed by atoms with Crippen molar-refractivity contribution in [3.63, 3.8) is 0 Å². The lowest BCUT2D eigenvalue weighted by molar-refractivity contribution is -0.118. The first kappa shape index (κ1) is 25.8. The smallest absolute Gasteiger partial charge is 0.262 e. The summed E-state index contributed by atoms with van der Waals surface area (Å²) < 4.78 is 12.5. The molecule has 1 atom stereocenters. The van der Waals surface area contributed by atoms with E-state index in [0.29, 0.717) is 30.7 Å². The Hall–Kier alpha value is -2.83. The van der Waals surface area contributed by atoms with Crippen LogP contribution in [0.4, 0.5) is 5.69 Å². The van der Waals surface area contributed by atoms with Crippen molar-refractivity contribution in [3.05, 3.63) is 87.9 Å². The molecule has 34 heavy (non-hydrogen) atoms. The van der Waals surface area contributed by atoms with Crippen LogP contribution in [-0.2, 0) is 17.8 Å². The lowest BCUT2D eigenvalue weighted by atomic mass is 10.1. The van der Waals surface area contributed by atoms with E-state index in [0.717, 1.165) is 34.1 Å². The second kappa shape index (κ2) is 13.2. The third-order valence-corrected chi connectivity index (χ3v) is 6.19. The number of anilines is 1. The van der Waals surface area contributed by atoms with Crippen LogP contribution in [0, 0.1) is 6.92 Å². The summed E-state index contributed by atoms with van der Waals surface area (Å²) in [4.78, 5) is 12.3. The van der Waals surface area contributed by atoms with Crippen molar-refractivity contribution in [2.45, 2.75) is 46.2 Å². The van der Waals surface area contributed by atoms with Gasteiger partial charge in [0.15, 0.2) is 18.1 Å². The number of hydrogen-bond donors (Lipinski definition) is 2. The fourth-order valence-corrected chi connectivity index (χ4v) is 3.95. The number of nitrogens with one attached hydrogen (secondary N) is 2. The van der Waals surface area contributed by atoms with Gasteiger partial charge in [-0.2, -0.15) is 0 Å². The van der Waals surface area contributed by atoms with E-state index >= 15 is 0 Å². The van der Waals surface area contributed by atoms with Crippen LogP contribution in [0.25, 0.3) is 0 Å². The molecule has 0 aliphatic heterocycles. The van der Waals surface area contributed by atoms with Gasteiger partial charge in [0.05, 0.1) is 6.61 Å². The highest BCUT2D eigenvalue weighted by atomic mass is 79.9. The SMILES string of the molecule is CCOc1cc(CNC(C)CCc2ccccc2)c(Br)cc1OCC(=O)Nc1ccc(C)cc1. The molecule has 5 nitrogen and oxygen atoms in total. The number of amides is 1. The van der Waals surface area contributed by atoms with Crippen LogP contribution in [-0.4, -0.2) is 25.2 Å². The van der Waals surface area contributed by atoms with Crippen molar-refractivity contribution in [2.24, 2.45) is 0 Å². The van der Waals surface area contributed by atoms with Crippen LogP contribution >= 0.6 is 15.9 Å². The third-order valence-electron chi connectivity index (χ3n) is 5.46. The molecule has 0 saturated carbocycles. The first-order chi connectivity index (χ1) is 16.4. The molecule has 180 valence electrons. The minimum atomic E-state index is -0.222. The number of hydrogen-bond acceptors (Lipinski definition) is 4. The van der Waals surface area contributed by atoms with E-state index in [4.69, 9.17) is 9.47 Å². The van der Waals surface area contributed by atoms with Crippen LogP contribution < -0.4 is 20.1 Å². The zero-order valence-electron chi connectivity index (χ0n) is 20.1. The van der Waals surface area contributed by atoms with E-state index in [-0.39, 0.29) is 12.5 Å². The van der Waals surface area contributed by atoms with Gasteiger partial charge in [0.25, 0.3) is 5.91 Å². The van der Waals surface area contributed by atoms with Crippen molar-refractivity contribution in [1.29, 1.82) is 0 Å². The van der Waals surface area contributed by atoms with Crippen molar-refractivity contribution >= 4 is 27.5 Å². The Kier molecular flexibility index (Phi) is 9.98. The number of rotatable bonds is 12. The van der Waals surface area contributed by atoms with Gasteiger partial charge in [-0.3, -0.25) is 4.79 Å². The summed E-state index contributed by atoms with van der Waals surface area (Å²) in [6.07, 6.45) is 2.09. The summed E-state index contributed by atoms with van der Waals surface area (Å²) in [7, 11) is 0. The van der Waals surface area contributed by atoms with Gasteiger partial charge >= 0.3 is 0 Å². The van der Waals surface area contributed by atoms with Crippen LogP contribution in [0.2, 0.25) is 0 Å². The normalized spacial score (nSPS) is 11.6. The number of ether oxygens (including phenoxy) is 2. The Bertz CT molecular complexity index is 1060. The predicted molar refractivity (Wildman–Crippen MR) is 142 cm³/mol. The van der Waals surface area contributed by atoms with E-state index in [1.54, 1.807) is 0 Å². The molecule has 2 N–H and O–H groups in total. The number of benzene rings is 3. The van der Waals surface area contributed by atoms with Crippen molar-refractivity contribution in [1.82, 2.24) is 5.32 Å². The van der Waals surface area contributed by atoms with Crippen molar-refractivity contribution in [2.75, 3.05) is 18.5 Å². The molecule has 1 unspecified atom stereocenters. The van der Waals surface area contributed by atoms with Crippen molar-refractivity contribution in [3.8, 4) is 11.5 Å². The van der Waals surface area contributed by atoms with Crippen LogP contribution in [0.15, 0.2) is 71.2 Å². The topological polar surface area (TPSA) is 59.6 Å². The standard InChI is InChI=1S/C28H33BrN2O3/c1-4-33-26-16-23(18-30-21(3)12-13-22-8-6-5-7-9-22)25(29)17-27(26)34-19-28(32)31-24-14-10-20(2)11-15-24/h5-11,14-17,21,30H,4,12-13,18-19H2,1-3H3,(H,31,32). The molecule has 0 aliphatic carbocycles. The first-order valence-corrected chi connectivity index (χ1v) is 12.5. The minimum Gasteiger partial charge on any atom is -0.490 e. The Morgan fingerprint density at radius 3 is 2.41 bits per heavy atom. The number of carbonyl (C=O) groups is 1. The van der Waals surface area contributed by atoms with Crippen LogP contribution in [0.3, 0.4) is 0 Å². The number of aryl methyl sites for hydroxylation is 2. The monoisotopic (exact) mass is 524 g/mol. The molecule has 0 spiro atoms. The van der Waals surface area contributed by atoms with Gasteiger partial charge in [0.2, 0.25) is 0 Å². The molecule has 0 aliphatic rings. The van der Waals surface area contributed by atoms with E-state index in [2.05, 4.69) is 57.8 Å². The van der Waals surface area contributed by atoms with E-state index in [1.165, 1.54) is 5.56 Å². The van der Waals surface area contributed by atoms with Gasteiger partial charge in [-0.05, 0) is 69.0 Å². The fraction of sp³-hybridized carbons (Fsp3) is 0.321. The summed E-state index contributed by atoms with van der Waals surface area (Å²) in [5.41, 5.74) is 4.31. The zero-order valence-corrected chi connectivity index (χ0v) is 21.7. The third kappa shape index (κ3) is 8.19. The van der Waals surface area contributed by atoms with E-state index in [9.17, 15) is 4.79 Å². The summed E-state index contributed by atoms with van der Waals surface area (Å²) in [5.74, 6) is 0.941. The van der Waals surface area contributed by atoms with Gasteiger partial charge in [0.1, 0.15) is 0 Å². The van der Waals surface area contributed by atoms with Gasteiger partial charge in [-0.25, -0.2) is 0 Å². The number of halogens is 1. The highest BCUT2D eigenvalue weighted by Crippen LogP contribution is 2.34. The Labute approximate surface area is 211 Å². The maximum Gasteiger partial charge on any atom is 0.262 e. The lowest BCUT2D eigenvalue weighted by Gasteiger charge is -2.17. The van der Waals surface area contributed by atoms with Crippen LogP contribution in [0.5, 0.6) is 11.5 Å². The summed E-state index contributed by atoms with van der Waals surface area (Å²) in [5, 5.41) is 6.44. The Balaban J connectivity index is 1.56. The molecule has 6 heteroatoms. The molecule has 0 heterocycles. The Morgan fingerprint density at radius 2 is 1.71 bits per heavy atom. The van der Waals surface area contributed by atoms with Gasteiger partial charge in [-0.15, -0.1) is 0 Å². The summed E-state index contributed by atoms with van der Waals surface area (Å²) >= 11 is 3.65. The second-order valence-corrected chi connectivity index (χ2v) is 9.19. The average molecular weight is 525 g/mol. The molecule has 0 fully saturated rings. The lowest BCUT2D eigenvalue weighted by Crippen LogP contribution is -2.26. The van der Waals surface area contributed by atoms with E-state index < -0.39 is 0 Å². The maximum absolute atomic E-state index is 12.3. The molecule has 0 radical (unpaired) electrons. The maximum atomic E-state index is 12.3. The average Bonchev–Trinajstić information content (AvgIpc) is 2.84. The summed E-state index contributed by atoms with van der Waals surface area (Å²) in [6, 6.07) is 22.4. The second-order valence-electron chi connectivity index (χ2n) is 8.33. The highest BCUT2D eigenvalue weighted by Gasteiger charge is 2.14. The zero-order chi connectivity index (χ0) is 24.3. The highest BCUT2D eigenvalue weighted by molar-refractivity contribution is 9.10. The predicted octanol–water partition coefficient (Wildman–Crippen LogP) is 6.28. The molecular weight excluding hydrogens is 492 g/mol. The van der Waals surface area contributed by atoms with Gasteiger partial charge < -0.3 is 20.1 Å². The van der Waals surface area contributed by atoms with Gasteiger partial charge in [-0.1, -0.05) is 64.0 Å². The fourth-order valence-electron chi connectivity index (χ4n) is 3.49. The van der Waals surface area contributed by atoms with Gasteiger partial charge in [0, 0.05) is 22.7 Å². The molecule has 3 aromatic carbocycles. The molecule has 3 aromatic rings. The molecule has 0 aromatic heterocycles. The first-order valence-electron chi connectivity index (χ1n) is 11.7. The summed E-state index contributed by atoms with van der Waals surface area (Å²) in [6.45, 7) is 7.24. The molecule has 0 bridgehead atoms. The largest absolute Gasteiger partial charge is 0.490 e. The molecular formula is C28H33BrN2O3. The minimum absolute atomic E-state index is 0.103. The molecule has 1 amide bonds. The van der Waals surface area contributed by atoms with E-state index in [1.807, 2.05) is 56.3 Å². The van der Waals surface area contributed by atoms with Crippen molar-refractivity contribution < 1.29 is 14.3 Å².